The fraction of sp³-hybridized carbons (Fsp3) is 0.250. The number of ether oxygens (including phenoxy) is 1. The molecule has 1 aromatic carbocycles. The molecule has 0 radical (unpaired) electrons. The Morgan fingerprint density at radius 3 is 2.43 bits per heavy atom. The van der Waals surface area contributed by atoms with Crippen LogP contribution in [0, 0.1) is 6.92 Å². The summed E-state index contributed by atoms with van der Waals surface area (Å²) in [6, 6.07) is 11.2. The summed E-state index contributed by atoms with van der Waals surface area (Å²) in [7, 11) is 0. The van der Waals surface area contributed by atoms with Gasteiger partial charge < -0.3 is 15.8 Å². The Kier molecular flexibility index (Phi) is 9.97. The molecule has 0 bridgehead atoms. The van der Waals surface area contributed by atoms with Crippen LogP contribution in [-0.4, -0.2) is 17.4 Å². The molecule has 0 saturated heterocycles. The van der Waals surface area contributed by atoms with Crippen molar-refractivity contribution < 1.29 is 9.53 Å². The summed E-state index contributed by atoms with van der Waals surface area (Å²) in [4.78, 5) is 15.7. The standard InChI is InChI=1S/C16H19N3O2.2ClH/c1-12-4-7-14(8-5-12)21-16-9-6-13(11-18-16)19-15(20)3-2-10-17;;/h4-9,11H,2-3,10,17H2,1H3,(H,19,20);2*1H. The van der Waals surface area contributed by atoms with Crippen LogP contribution in [0.2, 0.25) is 0 Å². The minimum atomic E-state index is -0.0607. The maximum atomic E-state index is 11.6. The quantitative estimate of drug-likeness (QED) is 0.825. The number of halogens is 2. The summed E-state index contributed by atoms with van der Waals surface area (Å²) in [5.74, 6) is 1.15. The average molecular weight is 358 g/mol. The van der Waals surface area contributed by atoms with Crippen molar-refractivity contribution in [1.29, 1.82) is 0 Å². The van der Waals surface area contributed by atoms with E-state index in [0.29, 0.717) is 31.0 Å². The molecule has 23 heavy (non-hydrogen) atoms. The zero-order chi connectivity index (χ0) is 15.1. The molecule has 1 aromatic heterocycles. The van der Waals surface area contributed by atoms with E-state index in [1.165, 1.54) is 5.56 Å². The second kappa shape index (κ2) is 10.8. The van der Waals surface area contributed by atoms with Crippen LogP contribution in [0.1, 0.15) is 18.4 Å². The van der Waals surface area contributed by atoms with Crippen LogP contribution in [0.15, 0.2) is 42.6 Å². The van der Waals surface area contributed by atoms with Crippen LogP contribution in [0.25, 0.3) is 0 Å². The molecule has 0 atom stereocenters. The molecule has 0 saturated carbocycles. The summed E-state index contributed by atoms with van der Waals surface area (Å²) >= 11 is 0. The third-order valence-corrected chi connectivity index (χ3v) is 2.87. The highest BCUT2D eigenvalue weighted by molar-refractivity contribution is 5.90. The Morgan fingerprint density at radius 1 is 1.17 bits per heavy atom. The third-order valence-electron chi connectivity index (χ3n) is 2.87. The summed E-state index contributed by atoms with van der Waals surface area (Å²) < 4.78 is 5.62. The van der Waals surface area contributed by atoms with Gasteiger partial charge in [-0.25, -0.2) is 4.98 Å². The van der Waals surface area contributed by atoms with E-state index in [1.54, 1.807) is 18.3 Å². The van der Waals surface area contributed by atoms with Gasteiger partial charge in [0.15, 0.2) is 0 Å². The second-order valence-electron chi connectivity index (χ2n) is 4.74. The molecular weight excluding hydrogens is 337 g/mol. The topological polar surface area (TPSA) is 77.2 Å². The van der Waals surface area contributed by atoms with E-state index < -0.39 is 0 Å². The number of aromatic nitrogens is 1. The van der Waals surface area contributed by atoms with E-state index in [9.17, 15) is 4.79 Å². The summed E-state index contributed by atoms with van der Waals surface area (Å²) in [6.45, 7) is 2.53. The van der Waals surface area contributed by atoms with Crippen molar-refractivity contribution in [2.45, 2.75) is 19.8 Å². The molecule has 7 heteroatoms. The lowest BCUT2D eigenvalue weighted by atomic mass is 10.2. The number of amides is 1. The van der Waals surface area contributed by atoms with Gasteiger partial charge in [-0.3, -0.25) is 4.79 Å². The Balaban J connectivity index is 0.00000242. The first-order valence-corrected chi connectivity index (χ1v) is 6.88. The van der Waals surface area contributed by atoms with E-state index in [2.05, 4.69) is 10.3 Å². The lowest BCUT2D eigenvalue weighted by Gasteiger charge is -2.07. The van der Waals surface area contributed by atoms with Gasteiger partial charge in [-0.1, -0.05) is 17.7 Å². The number of benzene rings is 1. The number of nitrogens with two attached hydrogens (primary N) is 1. The van der Waals surface area contributed by atoms with Crippen LogP contribution in [-0.2, 0) is 4.79 Å². The summed E-state index contributed by atoms with van der Waals surface area (Å²) in [5, 5.41) is 2.76. The van der Waals surface area contributed by atoms with Crippen molar-refractivity contribution in [2.75, 3.05) is 11.9 Å². The molecule has 0 fully saturated rings. The molecule has 0 aliphatic heterocycles. The zero-order valence-corrected chi connectivity index (χ0v) is 14.5. The molecule has 0 spiro atoms. The van der Waals surface area contributed by atoms with Crippen molar-refractivity contribution in [3.8, 4) is 11.6 Å². The second-order valence-corrected chi connectivity index (χ2v) is 4.74. The molecule has 0 aliphatic rings. The SMILES string of the molecule is Cc1ccc(Oc2ccc(NC(=O)CCCN)cn2)cc1.Cl.Cl. The number of aryl methyl sites for hydroxylation is 1. The van der Waals surface area contributed by atoms with E-state index in [1.807, 2.05) is 31.2 Å². The van der Waals surface area contributed by atoms with Gasteiger partial charge in [-0.15, -0.1) is 24.8 Å². The monoisotopic (exact) mass is 357 g/mol. The largest absolute Gasteiger partial charge is 0.439 e. The average Bonchev–Trinajstić information content (AvgIpc) is 2.49. The third kappa shape index (κ3) is 7.32. The number of nitrogens with zero attached hydrogens (tertiary/aromatic N) is 1. The molecular formula is C16H21Cl2N3O2. The Bertz CT molecular complexity index is 589. The van der Waals surface area contributed by atoms with Crippen molar-refractivity contribution in [1.82, 2.24) is 4.98 Å². The van der Waals surface area contributed by atoms with Crippen LogP contribution < -0.4 is 15.8 Å². The smallest absolute Gasteiger partial charge is 0.224 e. The predicted octanol–water partition coefficient (Wildman–Crippen LogP) is 3.70. The molecule has 2 rings (SSSR count). The van der Waals surface area contributed by atoms with E-state index in [4.69, 9.17) is 10.5 Å². The van der Waals surface area contributed by atoms with Crippen LogP contribution in [0.4, 0.5) is 5.69 Å². The minimum Gasteiger partial charge on any atom is -0.439 e. The number of pyridine rings is 1. The lowest BCUT2D eigenvalue weighted by Crippen LogP contribution is -2.13. The highest BCUT2D eigenvalue weighted by Crippen LogP contribution is 2.20. The zero-order valence-electron chi connectivity index (χ0n) is 12.8. The maximum Gasteiger partial charge on any atom is 0.224 e. The number of hydrogen-bond donors (Lipinski definition) is 2. The number of hydrogen-bond acceptors (Lipinski definition) is 4. The summed E-state index contributed by atoms with van der Waals surface area (Å²) in [5.41, 5.74) is 7.18. The van der Waals surface area contributed by atoms with E-state index in [-0.39, 0.29) is 30.7 Å². The fourth-order valence-corrected chi connectivity index (χ4v) is 1.73. The van der Waals surface area contributed by atoms with Gasteiger partial charge in [0.2, 0.25) is 11.8 Å². The highest BCUT2D eigenvalue weighted by atomic mass is 35.5. The minimum absolute atomic E-state index is 0. The molecule has 126 valence electrons. The van der Waals surface area contributed by atoms with Gasteiger partial charge in [-0.05, 0) is 38.1 Å². The van der Waals surface area contributed by atoms with Gasteiger partial charge in [-0.2, -0.15) is 0 Å². The van der Waals surface area contributed by atoms with Gasteiger partial charge in [0.05, 0.1) is 11.9 Å². The van der Waals surface area contributed by atoms with Crippen LogP contribution in [0.3, 0.4) is 0 Å². The Labute approximate surface area is 148 Å². The molecule has 2 aromatic rings. The lowest BCUT2D eigenvalue weighted by molar-refractivity contribution is -0.116. The summed E-state index contributed by atoms with van der Waals surface area (Å²) in [6.07, 6.45) is 2.66. The molecule has 3 N–H and O–H groups in total. The molecule has 0 aliphatic carbocycles. The fourth-order valence-electron chi connectivity index (χ4n) is 1.73. The number of carbonyl (C=O) groups excluding carboxylic acids is 1. The van der Waals surface area contributed by atoms with Gasteiger partial charge in [0.1, 0.15) is 5.75 Å². The van der Waals surface area contributed by atoms with E-state index in [0.717, 1.165) is 5.75 Å². The first kappa shape index (κ1) is 21.2. The molecule has 5 nitrogen and oxygen atoms in total. The van der Waals surface area contributed by atoms with E-state index >= 15 is 0 Å². The molecule has 1 heterocycles. The number of rotatable bonds is 6. The first-order valence-electron chi connectivity index (χ1n) is 6.88. The van der Waals surface area contributed by atoms with Crippen LogP contribution >= 0.6 is 24.8 Å². The van der Waals surface area contributed by atoms with Crippen molar-refractivity contribution in [3.05, 3.63) is 48.2 Å². The maximum absolute atomic E-state index is 11.6. The van der Waals surface area contributed by atoms with Crippen molar-refractivity contribution in [2.24, 2.45) is 5.73 Å². The number of nitrogens with one attached hydrogen (secondary N) is 1. The number of carbonyl (C=O) groups is 1. The molecule has 0 unspecified atom stereocenters. The normalized spacial score (nSPS) is 9.30. The van der Waals surface area contributed by atoms with Gasteiger partial charge >= 0.3 is 0 Å². The molecule has 1 amide bonds. The van der Waals surface area contributed by atoms with Crippen molar-refractivity contribution >= 4 is 36.4 Å². The predicted molar refractivity (Wildman–Crippen MR) is 96.9 cm³/mol. The first-order chi connectivity index (χ1) is 10.2. The Morgan fingerprint density at radius 2 is 1.87 bits per heavy atom. The van der Waals surface area contributed by atoms with Gasteiger partial charge in [0, 0.05) is 12.5 Å². The Hall–Kier alpha value is -1.82. The van der Waals surface area contributed by atoms with Crippen molar-refractivity contribution in [3.63, 3.8) is 0 Å². The van der Waals surface area contributed by atoms with Crippen LogP contribution in [0.5, 0.6) is 11.6 Å². The highest BCUT2D eigenvalue weighted by Gasteiger charge is 2.03. The van der Waals surface area contributed by atoms with Gasteiger partial charge in [0.25, 0.3) is 0 Å². The number of anilines is 1.